The van der Waals surface area contributed by atoms with Crippen molar-refractivity contribution in [3.05, 3.63) is 203 Å². The molecule has 2 nitrogen and oxygen atoms in total. The Morgan fingerprint density at radius 3 is 1.23 bits per heavy atom. The van der Waals surface area contributed by atoms with Crippen LogP contribution in [0.25, 0.3) is 82.1 Å². The number of para-hydroxylation sites is 2. The van der Waals surface area contributed by atoms with Crippen LogP contribution in [-0.4, -0.2) is 4.57 Å². The van der Waals surface area contributed by atoms with Gasteiger partial charge in [-0.05, 0) is 153 Å². The summed E-state index contributed by atoms with van der Waals surface area (Å²) in [5.74, 6) is 0. The van der Waals surface area contributed by atoms with Crippen LogP contribution in [0.15, 0.2) is 170 Å². The zero-order chi connectivity index (χ0) is 55.8. The summed E-state index contributed by atoms with van der Waals surface area (Å²) < 4.78 is 2.49. The SMILES string of the molecule is CC(C)(C)c1ccc(-c2c(-c3cc(C(C)(C)C)cc(C(C)(C)C)c3)cc(C(C)(C)C)cc2N(c2cc(C(C)(C)C)cc(C(C)(C)C)c2)c2ccc3ccc4c(-n5c6ccccc6c6ccccc65)ccc5ccc2c3c54)cc1. The Morgan fingerprint density at radius 1 is 0.308 bits per heavy atom. The third-order valence-electron chi connectivity index (χ3n) is 16.8. The molecule has 1 heterocycles. The smallest absolute Gasteiger partial charge is 0.0549 e. The van der Waals surface area contributed by atoms with Crippen LogP contribution < -0.4 is 4.90 Å². The van der Waals surface area contributed by atoms with Crippen LogP contribution in [0.4, 0.5) is 17.1 Å². The summed E-state index contributed by atoms with van der Waals surface area (Å²) in [6.45, 7) is 42.4. The predicted molar refractivity (Wildman–Crippen MR) is 342 cm³/mol. The minimum Gasteiger partial charge on any atom is -0.309 e. The molecule has 0 atom stereocenters. The summed E-state index contributed by atoms with van der Waals surface area (Å²) in [6, 6.07) is 66.4. The Hall–Kier alpha value is -7.16. The molecule has 0 radical (unpaired) electrons. The lowest BCUT2D eigenvalue weighted by Crippen LogP contribution is -2.20. The molecule has 0 aliphatic rings. The second-order valence-electron chi connectivity index (χ2n) is 28.9. The molecule has 0 N–H and O–H groups in total. The number of fused-ring (bicyclic) bond motifs is 3. The Bertz CT molecular complexity index is 4000. The fraction of sp³-hybridized carbons (Fsp3) is 0.316. The number of anilines is 3. The Balaban J connectivity index is 1.31. The van der Waals surface area contributed by atoms with Crippen molar-refractivity contribution in [3.8, 4) is 27.9 Å². The molecule has 0 aliphatic carbocycles. The van der Waals surface area contributed by atoms with E-state index in [1.807, 2.05) is 0 Å². The summed E-state index contributed by atoms with van der Waals surface area (Å²) in [5.41, 5.74) is 19.4. The largest absolute Gasteiger partial charge is 0.309 e. The molecule has 1 aromatic heterocycles. The molecular weight excluding hydrogens is 941 g/mol. The molecule has 0 unspecified atom stereocenters. The van der Waals surface area contributed by atoms with Gasteiger partial charge in [0.2, 0.25) is 0 Å². The molecular formula is C76H82N2. The zero-order valence-electron chi connectivity index (χ0n) is 50.1. The fourth-order valence-corrected chi connectivity index (χ4v) is 11.9. The number of nitrogens with zero attached hydrogens (tertiary/aromatic N) is 2. The predicted octanol–water partition coefficient (Wildman–Crippen LogP) is 22.3. The quantitative estimate of drug-likeness (QED) is 0.151. The van der Waals surface area contributed by atoms with Gasteiger partial charge in [0.15, 0.2) is 0 Å². The molecule has 0 saturated heterocycles. The van der Waals surface area contributed by atoms with Crippen molar-refractivity contribution in [2.75, 3.05) is 4.90 Å². The van der Waals surface area contributed by atoms with Gasteiger partial charge in [0.25, 0.3) is 0 Å². The van der Waals surface area contributed by atoms with Crippen LogP contribution in [0.2, 0.25) is 0 Å². The van der Waals surface area contributed by atoms with Gasteiger partial charge in [-0.2, -0.15) is 0 Å². The number of hydrogen-bond acceptors (Lipinski definition) is 1. The highest BCUT2D eigenvalue weighted by Gasteiger charge is 2.32. The summed E-state index contributed by atoms with van der Waals surface area (Å²) in [6.07, 6.45) is 0. The van der Waals surface area contributed by atoms with Crippen LogP contribution in [0.5, 0.6) is 0 Å². The molecule has 396 valence electrons. The molecule has 0 amide bonds. The van der Waals surface area contributed by atoms with Crippen LogP contribution >= 0.6 is 0 Å². The maximum absolute atomic E-state index is 2.67. The highest BCUT2D eigenvalue weighted by Crippen LogP contribution is 2.53. The van der Waals surface area contributed by atoms with E-state index in [0.717, 1.165) is 11.4 Å². The van der Waals surface area contributed by atoms with E-state index in [1.54, 1.807) is 0 Å². The van der Waals surface area contributed by atoms with E-state index in [0.29, 0.717) is 0 Å². The minimum atomic E-state index is -0.187. The zero-order valence-corrected chi connectivity index (χ0v) is 50.1. The highest BCUT2D eigenvalue weighted by atomic mass is 15.1. The number of benzene rings is 10. The monoisotopic (exact) mass is 1020 g/mol. The first-order valence-electron chi connectivity index (χ1n) is 28.6. The van der Waals surface area contributed by atoms with Crippen LogP contribution in [0.3, 0.4) is 0 Å². The van der Waals surface area contributed by atoms with Crippen molar-refractivity contribution in [2.45, 2.75) is 157 Å². The number of hydrogen-bond donors (Lipinski definition) is 0. The maximum Gasteiger partial charge on any atom is 0.0549 e. The van der Waals surface area contributed by atoms with Crippen molar-refractivity contribution < 1.29 is 0 Å². The molecule has 11 rings (SSSR count). The van der Waals surface area contributed by atoms with Crippen LogP contribution in [-0.2, 0) is 32.5 Å². The summed E-state index contributed by atoms with van der Waals surface area (Å²) in [4.78, 5) is 2.67. The lowest BCUT2D eigenvalue weighted by Gasteiger charge is -2.35. The van der Waals surface area contributed by atoms with Crippen molar-refractivity contribution in [3.63, 3.8) is 0 Å². The van der Waals surface area contributed by atoms with Gasteiger partial charge in [0.1, 0.15) is 0 Å². The van der Waals surface area contributed by atoms with Gasteiger partial charge in [-0.25, -0.2) is 0 Å². The van der Waals surface area contributed by atoms with Gasteiger partial charge in [-0.1, -0.05) is 246 Å². The summed E-state index contributed by atoms with van der Waals surface area (Å²) >= 11 is 0. The molecule has 0 bridgehead atoms. The van der Waals surface area contributed by atoms with E-state index in [4.69, 9.17) is 0 Å². The standard InChI is InChI=1S/C76H82N2/c1-71(2,3)51-33-27-47(28-34-51)68-62(50-39-52(72(4,5)6)41-53(40-50)73(7,8)9)45-56(76(16,17)18)46-67(68)77(57-43-54(74(10,11)12)42-55(44-57)75(13,14)15)65-37-31-48-30-36-61-66(38-32-49-29-35-60(65)69(48)70(49)61)78-63-25-21-19-23-58(63)59-24-20-22-26-64(59)78/h19-46H,1-18H3. The van der Waals surface area contributed by atoms with Gasteiger partial charge >= 0.3 is 0 Å². The van der Waals surface area contributed by atoms with Gasteiger partial charge in [-0.3, -0.25) is 0 Å². The maximum atomic E-state index is 2.67. The van der Waals surface area contributed by atoms with E-state index in [-0.39, 0.29) is 32.5 Å². The van der Waals surface area contributed by atoms with Gasteiger partial charge in [0, 0.05) is 32.8 Å². The average Bonchev–Trinajstić information content (AvgIpc) is 3.91. The molecule has 0 fully saturated rings. The first kappa shape index (κ1) is 52.9. The fourth-order valence-electron chi connectivity index (χ4n) is 11.9. The Kier molecular flexibility index (Phi) is 12.3. The highest BCUT2D eigenvalue weighted by molar-refractivity contribution is 6.28. The first-order chi connectivity index (χ1) is 36.5. The second-order valence-corrected chi connectivity index (χ2v) is 28.9. The third-order valence-corrected chi connectivity index (χ3v) is 16.8. The van der Waals surface area contributed by atoms with E-state index in [2.05, 4.69) is 304 Å². The van der Waals surface area contributed by atoms with E-state index >= 15 is 0 Å². The lowest BCUT2D eigenvalue weighted by atomic mass is 9.76. The summed E-state index contributed by atoms with van der Waals surface area (Å²) in [7, 11) is 0. The minimum absolute atomic E-state index is 0.00511. The number of aromatic nitrogens is 1. The van der Waals surface area contributed by atoms with E-state index in [9.17, 15) is 0 Å². The average molecular weight is 1020 g/mol. The van der Waals surface area contributed by atoms with Crippen molar-refractivity contribution in [1.82, 2.24) is 4.57 Å². The molecule has 10 aromatic carbocycles. The molecule has 0 spiro atoms. The Morgan fingerprint density at radius 2 is 0.731 bits per heavy atom. The van der Waals surface area contributed by atoms with Crippen molar-refractivity contribution >= 4 is 71.2 Å². The molecule has 2 heteroatoms. The Labute approximate surface area is 466 Å². The van der Waals surface area contributed by atoms with E-state index in [1.165, 1.54) is 121 Å². The third kappa shape index (κ3) is 9.27. The molecule has 78 heavy (non-hydrogen) atoms. The molecule has 0 aliphatic heterocycles. The van der Waals surface area contributed by atoms with Gasteiger partial charge < -0.3 is 9.47 Å². The summed E-state index contributed by atoms with van der Waals surface area (Å²) in [5, 5.41) is 10.1. The van der Waals surface area contributed by atoms with Crippen LogP contribution in [0, 0.1) is 0 Å². The van der Waals surface area contributed by atoms with Crippen molar-refractivity contribution in [1.29, 1.82) is 0 Å². The van der Waals surface area contributed by atoms with Crippen LogP contribution in [0.1, 0.15) is 158 Å². The molecule has 0 saturated carbocycles. The van der Waals surface area contributed by atoms with Gasteiger partial charge in [0.05, 0.1) is 28.1 Å². The van der Waals surface area contributed by atoms with E-state index < -0.39 is 0 Å². The molecule has 11 aromatic rings. The second kappa shape index (κ2) is 18.2. The normalized spacial score (nSPS) is 13.3. The van der Waals surface area contributed by atoms with Crippen molar-refractivity contribution in [2.24, 2.45) is 0 Å². The topological polar surface area (TPSA) is 8.17 Å². The first-order valence-corrected chi connectivity index (χ1v) is 28.6. The number of rotatable bonds is 6. The lowest BCUT2D eigenvalue weighted by molar-refractivity contribution is 0.568. The van der Waals surface area contributed by atoms with Gasteiger partial charge in [-0.15, -0.1) is 0 Å².